The number of pyridine rings is 1. The molecule has 6 nitrogen and oxygen atoms in total. The van der Waals surface area contributed by atoms with Gasteiger partial charge in [0.2, 0.25) is 5.91 Å². The normalized spacial score (nSPS) is 11.1. The van der Waals surface area contributed by atoms with Crippen LogP contribution >= 0.6 is 34.8 Å². The summed E-state index contributed by atoms with van der Waals surface area (Å²) < 4.78 is 40.0. The molecule has 0 saturated carbocycles. The molecule has 2 aromatic carbocycles. The number of benzene rings is 2. The highest BCUT2D eigenvalue weighted by molar-refractivity contribution is 6.39. The lowest BCUT2D eigenvalue weighted by Crippen LogP contribution is -2.10. The molecule has 0 bridgehead atoms. The lowest BCUT2D eigenvalue weighted by Gasteiger charge is -2.14. The third-order valence-corrected chi connectivity index (χ3v) is 5.61. The van der Waals surface area contributed by atoms with E-state index in [0.29, 0.717) is 5.56 Å². The molecule has 1 heterocycles. The van der Waals surface area contributed by atoms with Gasteiger partial charge in [0, 0.05) is 17.3 Å². The Kier molecular flexibility index (Phi) is 8.56. The maximum Gasteiger partial charge on any atom is 0.247 e. The third-order valence-electron chi connectivity index (χ3n) is 4.64. The Hall–Kier alpha value is -3.33. The summed E-state index contributed by atoms with van der Waals surface area (Å²) in [6, 6.07) is 6.92. The number of aromatic nitrogens is 1. The summed E-state index contributed by atoms with van der Waals surface area (Å²) in [5, 5.41) is 5.29. The molecule has 0 aliphatic rings. The molecule has 0 spiro atoms. The maximum absolute atomic E-state index is 15.1. The monoisotopic (exact) mass is 539 g/mol. The van der Waals surface area contributed by atoms with Crippen LogP contribution in [0.25, 0.3) is 11.9 Å². The average molecular weight is 541 g/mol. The first-order valence-electron chi connectivity index (χ1n) is 9.81. The fourth-order valence-electron chi connectivity index (χ4n) is 2.99. The summed E-state index contributed by atoms with van der Waals surface area (Å²) in [7, 11) is 2.76. The van der Waals surface area contributed by atoms with E-state index in [9.17, 15) is 9.18 Å². The van der Waals surface area contributed by atoms with Crippen molar-refractivity contribution in [2.24, 2.45) is 0 Å². The van der Waals surface area contributed by atoms with Crippen molar-refractivity contribution in [2.75, 3.05) is 24.9 Å². The smallest absolute Gasteiger partial charge is 0.247 e. The van der Waals surface area contributed by atoms with Crippen molar-refractivity contribution in [3.05, 3.63) is 81.2 Å². The predicted octanol–water partition coefficient (Wildman–Crippen LogP) is 7.53. The molecule has 2 N–H and O–H groups in total. The van der Waals surface area contributed by atoms with E-state index in [1.165, 1.54) is 50.8 Å². The van der Waals surface area contributed by atoms with E-state index in [2.05, 4.69) is 22.2 Å². The second-order valence-electron chi connectivity index (χ2n) is 6.88. The van der Waals surface area contributed by atoms with Gasteiger partial charge < -0.3 is 20.1 Å². The van der Waals surface area contributed by atoms with Crippen LogP contribution < -0.4 is 20.1 Å². The number of hydrogen-bond donors (Lipinski definition) is 2. The van der Waals surface area contributed by atoms with Crippen molar-refractivity contribution in [1.82, 2.24) is 4.98 Å². The molecule has 3 rings (SSSR count). The van der Waals surface area contributed by atoms with Gasteiger partial charge in [-0.1, -0.05) is 41.4 Å². The maximum atomic E-state index is 15.1. The first-order valence-corrected chi connectivity index (χ1v) is 10.9. The zero-order valence-corrected chi connectivity index (χ0v) is 20.7. The van der Waals surface area contributed by atoms with Crippen LogP contribution in [-0.4, -0.2) is 25.1 Å². The molecule has 0 unspecified atom stereocenters. The van der Waals surface area contributed by atoms with E-state index >= 15 is 4.39 Å². The van der Waals surface area contributed by atoms with E-state index in [-0.39, 0.29) is 49.3 Å². The molecule has 0 aliphatic heterocycles. The van der Waals surface area contributed by atoms with Crippen molar-refractivity contribution in [3.8, 4) is 11.5 Å². The van der Waals surface area contributed by atoms with Gasteiger partial charge in [0.1, 0.15) is 29.0 Å². The second kappa shape index (κ2) is 11.4. The van der Waals surface area contributed by atoms with Crippen LogP contribution in [-0.2, 0) is 4.79 Å². The number of ether oxygens (including phenoxy) is 2. The standard InChI is InChI=1S/C24H18Cl3F2N3O3/c1-4-20(33)31-16-9-13(25)8-15(29)24(16)32-19-6-5-12(11-30-19)7-14(28)21-22(26)17(34-2)10-18(35-3)23(21)27/h4-11H,1H2,2-3H3,(H,30,32)(H,31,33)/b14-7-. The number of carbonyl (C=O) groups excluding carboxylic acids is 1. The summed E-state index contributed by atoms with van der Waals surface area (Å²) in [5.41, 5.74) is 0.290. The molecule has 0 atom stereocenters. The Labute approximate surface area is 215 Å². The van der Waals surface area contributed by atoms with Crippen LogP contribution in [0.1, 0.15) is 11.1 Å². The average Bonchev–Trinajstić information content (AvgIpc) is 2.82. The molecule has 0 fully saturated rings. The quantitative estimate of drug-likeness (QED) is 0.289. The van der Waals surface area contributed by atoms with Crippen LogP contribution in [0.5, 0.6) is 11.5 Å². The lowest BCUT2D eigenvalue weighted by atomic mass is 10.1. The highest BCUT2D eigenvalue weighted by Gasteiger charge is 2.20. The van der Waals surface area contributed by atoms with Crippen LogP contribution in [0.15, 0.2) is 49.2 Å². The van der Waals surface area contributed by atoms with E-state index in [1.807, 2.05) is 0 Å². The summed E-state index contributed by atoms with van der Waals surface area (Å²) in [6.07, 6.45) is 3.55. The number of nitrogens with one attached hydrogen (secondary N) is 2. The number of carbonyl (C=O) groups is 1. The number of methoxy groups -OCH3 is 2. The van der Waals surface area contributed by atoms with Crippen molar-refractivity contribution in [1.29, 1.82) is 0 Å². The Morgan fingerprint density at radius 2 is 1.74 bits per heavy atom. The minimum absolute atomic E-state index is 0.0226. The van der Waals surface area contributed by atoms with Gasteiger partial charge >= 0.3 is 0 Å². The number of amides is 1. The van der Waals surface area contributed by atoms with Crippen molar-refractivity contribution in [3.63, 3.8) is 0 Å². The van der Waals surface area contributed by atoms with E-state index in [1.54, 1.807) is 0 Å². The van der Waals surface area contributed by atoms with Gasteiger partial charge in [0.15, 0.2) is 0 Å². The SMILES string of the molecule is C=CC(=O)Nc1cc(Cl)cc(F)c1Nc1ccc(/C=C(\F)c2c(Cl)c(OC)cc(OC)c2Cl)cn1. The molecule has 1 aromatic heterocycles. The Morgan fingerprint density at radius 1 is 1.09 bits per heavy atom. The first-order chi connectivity index (χ1) is 16.7. The summed E-state index contributed by atoms with van der Waals surface area (Å²) >= 11 is 18.4. The number of rotatable bonds is 8. The van der Waals surface area contributed by atoms with Crippen LogP contribution in [0.4, 0.5) is 26.0 Å². The predicted molar refractivity (Wildman–Crippen MR) is 136 cm³/mol. The van der Waals surface area contributed by atoms with E-state index in [4.69, 9.17) is 44.3 Å². The molecular formula is C24H18Cl3F2N3O3. The minimum atomic E-state index is -0.752. The van der Waals surface area contributed by atoms with Gasteiger partial charge in [-0.25, -0.2) is 13.8 Å². The minimum Gasteiger partial charge on any atom is -0.495 e. The van der Waals surface area contributed by atoms with Crippen molar-refractivity contribution in [2.45, 2.75) is 0 Å². The summed E-state index contributed by atoms with van der Waals surface area (Å²) in [6.45, 7) is 3.36. The lowest BCUT2D eigenvalue weighted by molar-refractivity contribution is -0.111. The Bertz CT molecular complexity index is 1290. The number of hydrogen-bond acceptors (Lipinski definition) is 5. The van der Waals surface area contributed by atoms with Crippen molar-refractivity contribution >= 4 is 69.8 Å². The van der Waals surface area contributed by atoms with Crippen LogP contribution in [0, 0.1) is 5.82 Å². The molecule has 182 valence electrons. The third kappa shape index (κ3) is 6.03. The zero-order chi connectivity index (χ0) is 25.7. The van der Waals surface area contributed by atoms with Gasteiger partial charge in [-0.2, -0.15) is 0 Å². The molecule has 35 heavy (non-hydrogen) atoms. The molecule has 11 heteroatoms. The molecule has 3 aromatic rings. The van der Waals surface area contributed by atoms with Gasteiger partial charge in [-0.15, -0.1) is 0 Å². The van der Waals surface area contributed by atoms with Crippen LogP contribution in [0.3, 0.4) is 0 Å². The van der Waals surface area contributed by atoms with Crippen LogP contribution in [0.2, 0.25) is 15.1 Å². The molecule has 1 amide bonds. The van der Waals surface area contributed by atoms with Gasteiger partial charge in [0.05, 0.1) is 41.2 Å². The Balaban J connectivity index is 1.91. The second-order valence-corrected chi connectivity index (χ2v) is 8.07. The van der Waals surface area contributed by atoms with Gasteiger partial charge in [-0.3, -0.25) is 4.79 Å². The topological polar surface area (TPSA) is 72.5 Å². The molecule has 0 aliphatic carbocycles. The Morgan fingerprint density at radius 3 is 2.29 bits per heavy atom. The van der Waals surface area contributed by atoms with Crippen molar-refractivity contribution < 1.29 is 23.0 Å². The number of halogens is 5. The first kappa shape index (κ1) is 26.3. The fraction of sp³-hybridized carbons (Fsp3) is 0.0833. The fourth-order valence-corrected chi connectivity index (χ4v) is 3.88. The molecule has 0 saturated heterocycles. The molecular weight excluding hydrogens is 523 g/mol. The van der Waals surface area contributed by atoms with E-state index in [0.717, 1.165) is 12.1 Å². The summed E-state index contributed by atoms with van der Waals surface area (Å²) in [5.74, 6) is -1.42. The van der Waals surface area contributed by atoms with E-state index < -0.39 is 17.6 Å². The largest absolute Gasteiger partial charge is 0.495 e. The highest BCUT2D eigenvalue weighted by Crippen LogP contribution is 2.44. The number of nitrogens with zero attached hydrogens (tertiary/aromatic N) is 1. The van der Waals surface area contributed by atoms with Gasteiger partial charge in [-0.05, 0) is 42.0 Å². The zero-order valence-electron chi connectivity index (χ0n) is 18.4. The van der Waals surface area contributed by atoms with Gasteiger partial charge in [0.25, 0.3) is 0 Å². The number of anilines is 3. The highest BCUT2D eigenvalue weighted by atomic mass is 35.5. The summed E-state index contributed by atoms with van der Waals surface area (Å²) in [4.78, 5) is 15.9. The molecule has 0 radical (unpaired) electrons.